The highest BCUT2D eigenvalue weighted by Gasteiger charge is 2.10. The highest BCUT2D eigenvalue weighted by atomic mass is 35.5. The molecule has 2 aromatic rings. The molecule has 2 aromatic carbocycles. The van der Waals surface area contributed by atoms with E-state index < -0.39 is 5.82 Å². The highest BCUT2D eigenvalue weighted by molar-refractivity contribution is 6.30. The number of hydrogen-bond acceptors (Lipinski definition) is 1. The molecule has 2 rings (SSSR count). The minimum atomic E-state index is -0.553. The molecule has 0 N–H and O–H groups in total. The first-order valence-electron chi connectivity index (χ1n) is 5.70. The van der Waals surface area contributed by atoms with Crippen molar-refractivity contribution >= 4 is 17.4 Å². The van der Waals surface area contributed by atoms with Gasteiger partial charge in [0, 0.05) is 12.0 Å². The van der Waals surface area contributed by atoms with Crippen molar-refractivity contribution in [3.05, 3.63) is 69.7 Å². The van der Waals surface area contributed by atoms with E-state index in [9.17, 15) is 13.6 Å². The summed E-state index contributed by atoms with van der Waals surface area (Å²) in [5.74, 6) is -1.10. The summed E-state index contributed by atoms with van der Waals surface area (Å²) < 4.78 is 26.4. The second-order valence-electron chi connectivity index (χ2n) is 4.31. The minimum absolute atomic E-state index is 0.0221. The molecule has 0 radical (unpaired) electrons. The van der Waals surface area contributed by atoms with E-state index in [0.29, 0.717) is 16.7 Å². The van der Waals surface area contributed by atoms with Gasteiger partial charge in [0.2, 0.25) is 0 Å². The molecule has 0 aliphatic carbocycles. The van der Waals surface area contributed by atoms with Crippen molar-refractivity contribution in [2.45, 2.75) is 13.3 Å². The molecular formula is C15H11ClF2O. The quantitative estimate of drug-likeness (QED) is 0.764. The van der Waals surface area contributed by atoms with E-state index in [2.05, 4.69) is 0 Å². The van der Waals surface area contributed by atoms with Crippen LogP contribution in [0.25, 0.3) is 0 Å². The van der Waals surface area contributed by atoms with Gasteiger partial charge in [0.15, 0.2) is 5.78 Å². The van der Waals surface area contributed by atoms with E-state index in [1.54, 1.807) is 13.0 Å². The zero-order valence-electron chi connectivity index (χ0n) is 10.2. The van der Waals surface area contributed by atoms with Crippen molar-refractivity contribution in [1.82, 2.24) is 0 Å². The number of benzene rings is 2. The van der Waals surface area contributed by atoms with Crippen LogP contribution in [-0.2, 0) is 6.42 Å². The molecule has 0 bridgehead atoms. The van der Waals surface area contributed by atoms with E-state index >= 15 is 0 Å². The summed E-state index contributed by atoms with van der Waals surface area (Å²) in [6, 6.07) is 8.41. The van der Waals surface area contributed by atoms with Crippen molar-refractivity contribution in [3.63, 3.8) is 0 Å². The summed E-state index contributed by atoms with van der Waals surface area (Å²) in [6.07, 6.45) is 0.0547. The molecule has 0 saturated carbocycles. The number of aryl methyl sites for hydroxylation is 1. The van der Waals surface area contributed by atoms with Gasteiger partial charge in [-0.05, 0) is 48.4 Å². The largest absolute Gasteiger partial charge is 0.294 e. The lowest BCUT2D eigenvalue weighted by Crippen LogP contribution is -2.04. The average Bonchev–Trinajstić information content (AvgIpc) is 2.37. The average molecular weight is 281 g/mol. The van der Waals surface area contributed by atoms with Gasteiger partial charge in [-0.3, -0.25) is 4.79 Å². The van der Waals surface area contributed by atoms with Gasteiger partial charge in [-0.25, -0.2) is 8.78 Å². The molecule has 0 amide bonds. The van der Waals surface area contributed by atoms with E-state index in [4.69, 9.17) is 11.6 Å². The minimum Gasteiger partial charge on any atom is -0.294 e. The molecule has 0 aromatic heterocycles. The first kappa shape index (κ1) is 13.7. The molecule has 0 aliphatic heterocycles. The molecule has 0 aliphatic rings. The Morgan fingerprint density at radius 2 is 1.84 bits per heavy atom. The van der Waals surface area contributed by atoms with E-state index in [1.807, 2.05) is 0 Å². The van der Waals surface area contributed by atoms with Crippen LogP contribution in [-0.4, -0.2) is 5.78 Å². The van der Waals surface area contributed by atoms with Gasteiger partial charge in [-0.15, -0.1) is 0 Å². The van der Waals surface area contributed by atoms with Gasteiger partial charge in [-0.2, -0.15) is 0 Å². The van der Waals surface area contributed by atoms with Crippen LogP contribution in [0.4, 0.5) is 8.78 Å². The summed E-state index contributed by atoms with van der Waals surface area (Å²) in [6.45, 7) is 1.59. The number of carbonyl (C=O) groups is 1. The Balaban J connectivity index is 2.20. The van der Waals surface area contributed by atoms with Crippen LogP contribution in [0, 0.1) is 18.6 Å². The van der Waals surface area contributed by atoms with Gasteiger partial charge >= 0.3 is 0 Å². The lowest BCUT2D eigenvalue weighted by atomic mass is 10.0. The molecule has 4 heteroatoms. The maximum absolute atomic E-state index is 13.3. The Bertz CT molecular complexity index is 638. The van der Waals surface area contributed by atoms with Crippen LogP contribution < -0.4 is 0 Å². The smallest absolute Gasteiger partial charge is 0.167 e. The first-order valence-corrected chi connectivity index (χ1v) is 6.08. The second-order valence-corrected chi connectivity index (χ2v) is 4.72. The van der Waals surface area contributed by atoms with Gasteiger partial charge in [0.05, 0.1) is 5.02 Å². The molecule has 0 fully saturated rings. The number of rotatable bonds is 3. The summed E-state index contributed by atoms with van der Waals surface area (Å²) in [4.78, 5) is 12.0. The van der Waals surface area contributed by atoms with Crippen LogP contribution >= 0.6 is 11.6 Å². The monoisotopic (exact) mass is 280 g/mol. The Kier molecular flexibility index (Phi) is 3.96. The summed E-state index contributed by atoms with van der Waals surface area (Å²) >= 11 is 5.57. The summed E-state index contributed by atoms with van der Waals surface area (Å²) in [5, 5.41) is 0.0221. The third-order valence-electron chi connectivity index (χ3n) is 2.83. The van der Waals surface area contributed by atoms with Crippen LogP contribution in [0.2, 0.25) is 5.02 Å². The lowest BCUT2D eigenvalue weighted by Gasteiger charge is -2.04. The summed E-state index contributed by atoms with van der Waals surface area (Å²) in [7, 11) is 0. The molecule has 0 heterocycles. The molecule has 0 unspecified atom stereocenters. The van der Waals surface area contributed by atoms with Crippen molar-refractivity contribution in [2.75, 3.05) is 0 Å². The predicted molar refractivity (Wildman–Crippen MR) is 70.6 cm³/mol. The van der Waals surface area contributed by atoms with Crippen LogP contribution in [0.5, 0.6) is 0 Å². The number of Topliss-reactive ketones (excluding diaryl/α,β-unsaturated/α-hetero) is 1. The fourth-order valence-electron chi connectivity index (χ4n) is 1.76. The van der Waals surface area contributed by atoms with Crippen LogP contribution in [0.15, 0.2) is 36.4 Å². The first-order chi connectivity index (χ1) is 8.97. The van der Waals surface area contributed by atoms with E-state index in [-0.39, 0.29) is 23.0 Å². The van der Waals surface area contributed by atoms with E-state index in [1.165, 1.54) is 30.3 Å². The number of carbonyl (C=O) groups excluding carboxylic acids is 1. The Morgan fingerprint density at radius 1 is 1.11 bits per heavy atom. The third kappa shape index (κ3) is 3.18. The van der Waals surface area contributed by atoms with E-state index in [0.717, 1.165) is 0 Å². The fourth-order valence-corrected chi connectivity index (χ4v) is 1.87. The number of halogens is 3. The molecule has 1 nitrogen and oxygen atoms in total. The summed E-state index contributed by atoms with van der Waals surface area (Å²) in [5.41, 5.74) is 1.36. The SMILES string of the molecule is Cc1cc(C(=O)Cc2ccc(Cl)c(F)c2)ccc1F. The Hall–Kier alpha value is -1.74. The molecule has 0 saturated heterocycles. The standard InChI is InChI=1S/C15H11ClF2O/c1-9-6-11(3-5-13(9)17)15(19)8-10-2-4-12(16)14(18)7-10/h2-7H,8H2,1H3. The normalized spacial score (nSPS) is 10.5. The fraction of sp³-hybridized carbons (Fsp3) is 0.133. The number of hydrogen-bond donors (Lipinski definition) is 0. The Labute approximate surface area is 114 Å². The maximum atomic E-state index is 13.3. The van der Waals surface area contributed by atoms with Crippen molar-refractivity contribution in [1.29, 1.82) is 0 Å². The van der Waals surface area contributed by atoms with Gasteiger partial charge in [0.25, 0.3) is 0 Å². The van der Waals surface area contributed by atoms with Crippen molar-refractivity contribution in [2.24, 2.45) is 0 Å². The molecule has 0 spiro atoms. The maximum Gasteiger partial charge on any atom is 0.167 e. The highest BCUT2D eigenvalue weighted by Crippen LogP contribution is 2.17. The molecular weight excluding hydrogens is 270 g/mol. The predicted octanol–water partition coefficient (Wildman–Crippen LogP) is 4.35. The Morgan fingerprint density at radius 3 is 2.47 bits per heavy atom. The van der Waals surface area contributed by atoms with Crippen LogP contribution in [0.1, 0.15) is 21.5 Å². The second kappa shape index (κ2) is 5.49. The van der Waals surface area contributed by atoms with Gasteiger partial charge in [0.1, 0.15) is 11.6 Å². The van der Waals surface area contributed by atoms with Crippen molar-refractivity contribution < 1.29 is 13.6 Å². The lowest BCUT2D eigenvalue weighted by molar-refractivity contribution is 0.0993. The molecule has 98 valence electrons. The van der Waals surface area contributed by atoms with Crippen LogP contribution in [0.3, 0.4) is 0 Å². The third-order valence-corrected chi connectivity index (χ3v) is 3.14. The van der Waals surface area contributed by atoms with Crippen molar-refractivity contribution in [3.8, 4) is 0 Å². The molecule has 19 heavy (non-hydrogen) atoms. The molecule has 0 atom stereocenters. The topological polar surface area (TPSA) is 17.1 Å². The zero-order valence-corrected chi connectivity index (χ0v) is 11.0. The van der Waals surface area contributed by atoms with Gasteiger partial charge < -0.3 is 0 Å². The van der Waals surface area contributed by atoms with Gasteiger partial charge in [-0.1, -0.05) is 17.7 Å². The number of ketones is 1. The zero-order chi connectivity index (χ0) is 14.0.